The van der Waals surface area contributed by atoms with E-state index < -0.39 is 0 Å². The Labute approximate surface area is 97.9 Å². The number of benzene rings is 2. The molecule has 80 valence electrons. The molecule has 0 atom stereocenters. The van der Waals surface area contributed by atoms with Gasteiger partial charge in [-0.2, -0.15) is 0 Å². The SMILES string of the molecule is CNc1nc2c(cc(C)c3ccccc32)s1. The minimum atomic E-state index is 0.978. The second kappa shape index (κ2) is 3.46. The summed E-state index contributed by atoms with van der Waals surface area (Å²) in [5.41, 5.74) is 2.42. The van der Waals surface area contributed by atoms with Crippen LogP contribution >= 0.6 is 11.3 Å². The minimum Gasteiger partial charge on any atom is -0.365 e. The number of hydrogen-bond acceptors (Lipinski definition) is 3. The smallest absolute Gasteiger partial charge is 0.183 e. The fourth-order valence-corrected chi connectivity index (χ4v) is 2.97. The molecule has 2 nitrogen and oxygen atoms in total. The van der Waals surface area contributed by atoms with Gasteiger partial charge in [0.2, 0.25) is 0 Å². The molecule has 0 bridgehead atoms. The molecule has 0 saturated heterocycles. The Bertz CT molecular complexity index is 670. The highest BCUT2D eigenvalue weighted by Gasteiger charge is 2.08. The molecular formula is C13H12N2S. The summed E-state index contributed by atoms with van der Waals surface area (Å²) in [6.07, 6.45) is 0. The molecule has 0 amide bonds. The van der Waals surface area contributed by atoms with Crippen LogP contribution in [0.2, 0.25) is 0 Å². The summed E-state index contributed by atoms with van der Waals surface area (Å²) < 4.78 is 1.25. The highest BCUT2D eigenvalue weighted by atomic mass is 32.1. The molecule has 3 rings (SSSR count). The lowest BCUT2D eigenvalue weighted by Crippen LogP contribution is -1.84. The van der Waals surface area contributed by atoms with E-state index in [9.17, 15) is 0 Å². The van der Waals surface area contributed by atoms with Gasteiger partial charge in [0.25, 0.3) is 0 Å². The van der Waals surface area contributed by atoms with Gasteiger partial charge in [-0.05, 0) is 23.9 Å². The number of fused-ring (bicyclic) bond motifs is 3. The molecule has 1 N–H and O–H groups in total. The number of aryl methyl sites for hydroxylation is 1. The predicted octanol–water partition coefficient (Wildman–Crippen LogP) is 3.80. The maximum Gasteiger partial charge on any atom is 0.183 e. The molecule has 0 aliphatic heterocycles. The molecule has 1 aromatic heterocycles. The lowest BCUT2D eigenvalue weighted by molar-refractivity contribution is 1.42. The average Bonchev–Trinajstić information content (AvgIpc) is 2.72. The fourth-order valence-electron chi connectivity index (χ4n) is 2.04. The zero-order chi connectivity index (χ0) is 11.1. The van der Waals surface area contributed by atoms with Crippen molar-refractivity contribution < 1.29 is 0 Å². The summed E-state index contributed by atoms with van der Waals surface area (Å²) >= 11 is 1.70. The van der Waals surface area contributed by atoms with Crippen molar-refractivity contribution in [3.05, 3.63) is 35.9 Å². The third-order valence-electron chi connectivity index (χ3n) is 2.82. The van der Waals surface area contributed by atoms with Gasteiger partial charge in [0.05, 0.1) is 10.2 Å². The van der Waals surface area contributed by atoms with Crippen LogP contribution in [0.5, 0.6) is 0 Å². The van der Waals surface area contributed by atoms with Crippen LogP contribution in [0.15, 0.2) is 30.3 Å². The number of rotatable bonds is 1. The van der Waals surface area contributed by atoms with Crippen LogP contribution in [-0.4, -0.2) is 12.0 Å². The first-order valence-electron chi connectivity index (χ1n) is 5.26. The largest absolute Gasteiger partial charge is 0.365 e. The van der Waals surface area contributed by atoms with E-state index in [1.807, 2.05) is 7.05 Å². The second-order valence-corrected chi connectivity index (χ2v) is 4.89. The van der Waals surface area contributed by atoms with Crippen LogP contribution in [0.25, 0.3) is 21.0 Å². The Hall–Kier alpha value is -1.61. The van der Waals surface area contributed by atoms with Gasteiger partial charge in [-0.1, -0.05) is 35.6 Å². The van der Waals surface area contributed by atoms with Gasteiger partial charge in [-0.15, -0.1) is 0 Å². The molecule has 2 aromatic carbocycles. The van der Waals surface area contributed by atoms with Crippen LogP contribution < -0.4 is 5.32 Å². The van der Waals surface area contributed by atoms with Crippen molar-refractivity contribution >= 4 is 37.5 Å². The van der Waals surface area contributed by atoms with Gasteiger partial charge in [-0.25, -0.2) is 4.98 Å². The molecular weight excluding hydrogens is 216 g/mol. The summed E-state index contributed by atoms with van der Waals surface area (Å²) in [6, 6.07) is 10.7. The van der Waals surface area contributed by atoms with Crippen molar-refractivity contribution in [1.29, 1.82) is 0 Å². The van der Waals surface area contributed by atoms with Gasteiger partial charge >= 0.3 is 0 Å². The van der Waals surface area contributed by atoms with Gasteiger partial charge in [0, 0.05) is 12.4 Å². The highest BCUT2D eigenvalue weighted by Crippen LogP contribution is 2.33. The van der Waals surface area contributed by atoms with E-state index in [1.54, 1.807) is 11.3 Å². The van der Waals surface area contributed by atoms with E-state index in [0.29, 0.717) is 0 Å². The zero-order valence-corrected chi connectivity index (χ0v) is 10.1. The quantitative estimate of drug-likeness (QED) is 0.685. The molecule has 0 aliphatic carbocycles. The molecule has 0 saturated carbocycles. The lowest BCUT2D eigenvalue weighted by atomic mass is 10.0. The second-order valence-electron chi connectivity index (χ2n) is 3.85. The number of nitrogens with one attached hydrogen (secondary N) is 1. The molecule has 0 fully saturated rings. The predicted molar refractivity (Wildman–Crippen MR) is 71.4 cm³/mol. The molecule has 0 spiro atoms. The van der Waals surface area contributed by atoms with Crippen LogP contribution in [0.3, 0.4) is 0 Å². The molecule has 1 heterocycles. The molecule has 3 heteroatoms. The molecule has 3 aromatic rings. The number of hydrogen-bond donors (Lipinski definition) is 1. The van der Waals surface area contributed by atoms with Gasteiger partial charge < -0.3 is 5.32 Å². The fraction of sp³-hybridized carbons (Fsp3) is 0.154. The van der Waals surface area contributed by atoms with E-state index >= 15 is 0 Å². The molecule has 0 aliphatic rings. The van der Waals surface area contributed by atoms with E-state index in [-0.39, 0.29) is 0 Å². The summed E-state index contributed by atoms with van der Waals surface area (Å²) in [6.45, 7) is 2.15. The Kier molecular flexibility index (Phi) is 2.07. The summed E-state index contributed by atoms with van der Waals surface area (Å²) in [4.78, 5) is 4.61. The number of aromatic nitrogens is 1. The first-order chi connectivity index (χ1) is 7.79. The van der Waals surface area contributed by atoms with Crippen molar-refractivity contribution in [3.63, 3.8) is 0 Å². The van der Waals surface area contributed by atoms with Crippen LogP contribution in [0.1, 0.15) is 5.56 Å². The minimum absolute atomic E-state index is 0.978. The standard InChI is InChI=1S/C13H12N2S/c1-8-7-11-12(15-13(14-2)16-11)10-6-4-3-5-9(8)10/h3-7H,1-2H3,(H,14,15). The average molecular weight is 228 g/mol. The maximum absolute atomic E-state index is 4.61. The molecule has 0 radical (unpaired) electrons. The number of anilines is 1. The Morgan fingerprint density at radius 2 is 1.94 bits per heavy atom. The van der Waals surface area contributed by atoms with E-state index in [2.05, 4.69) is 47.6 Å². The summed E-state index contributed by atoms with van der Waals surface area (Å²) in [7, 11) is 1.91. The van der Waals surface area contributed by atoms with Gasteiger partial charge in [0.15, 0.2) is 5.13 Å². The van der Waals surface area contributed by atoms with E-state index in [0.717, 1.165) is 10.6 Å². The van der Waals surface area contributed by atoms with Gasteiger partial charge in [-0.3, -0.25) is 0 Å². The first kappa shape index (κ1) is 9.60. The summed E-state index contributed by atoms with van der Waals surface area (Å²) in [5, 5.41) is 6.63. The van der Waals surface area contributed by atoms with Crippen molar-refractivity contribution in [2.24, 2.45) is 0 Å². The van der Waals surface area contributed by atoms with Crippen LogP contribution in [-0.2, 0) is 0 Å². The Morgan fingerprint density at radius 3 is 2.69 bits per heavy atom. The van der Waals surface area contributed by atoms with Crippen LogP contribution in [0, 0.1) is 6.92 Å². The normalized spacial score (nSPS) is 11.1. The first-order valence-corrected chi connectivity index (χ1v) is 6.08. The Balaban J connectivity index is 2.52. The van der Waals surface area contributed by atoms with Crippen molar-refractivity contribution in [2.75, 3.05) is 12.4 Å². The maximum atomic E-state index is 4.61. The molecule has 16 heavy (non-hydrogen) atoms. The highest BCUT2D eigenvalue weighted by molar-refractivity contribution is 7.22. The van der Waals surface area contributed by atoms with Crippen molar-refractivity contribution in [3.8, 4) is 0 Å². The van der Waals surface area contributed by atoms with E-state index in [4.69, 9.17) is 0 Å². The topological polar surface area (TPSA) is 24.9 Å². The lowest BCUT2D eigenvalue weighted by Gasteiger charge is -2.01. The zero-order valence-electron chi connectivity index (χ0n) is 9.24. The summed E-state index contributed by atoms with van der Waals surface area (Å²) in [5.74, 6) is 0. The van der Waals surface area contributed by atoms with Gasteiger partial charge in [0.1, 0.15) is 0 Å². The number of thiazole rings is 1. The molecule has 0 unspecified atom stereocenters. The third-order valence-corrected chi connectivity index (χ3v) is 3.84. The van der Waals surface area contributed by atoms with Crippen LogP contribution in [0.4, 0.5) is 5.13 Å². The number of nitrogens with zero attached hydrogens (tertiary/aromatic N) is 1. The monoisotopic (exact) mass is 228 g/mol. The van der Waals surface area contributed by atoms with E-state index in [1.165, 1.54) is 21.0 Å². The third kappa shape index (κ3) is 1.28. The van der Waals surface area contributed by atoms with Crippen molar-refractivity contribution in [2.45, 2.75) is 6.92 Å². The van der Waals surface area contributed by atoms with Crippen molar-refractivity contribution in [1.82, 2.24) is 4.98 Å². The Morgan fingerprint density at radius 1 is 1.19 bits per heavy atom.